The molecule has 6 nitrogen and oxygen atoms in total. The van der Waals surface area contributed by atoms with E-state index in [1.807, 2.05) is 0 Å². The first-order valence-electron chi connectivity index (χ1n) is 9.21. The minimum Gasteiger partial charge on any atom is -0.388 e. The van der Waals surface area contributed by atoms with Gasteiger partial charge >= 0.3 is 0 Å². The van der Waals surface area contributed by atoms with Crippen molar-refractivity contribution in [1.82, 2.24) is 14.7 Å². The quantitative estimate of drug-likeness (QED) is 0.759. The van der Waals surface area contributed by atoms with Crippen LogP contribution in [-0.4, -0.2) is 110 Å². The number of piperidine rings is 1. The molecular formula is C17H33N3O3. The fraction of sp³-hybridized carbons (Fsp3) is 1.00. The summed E-state index contributed by atoms with van der Waals surface area (Å²) in [6.45, 7) is 13.6. The third-order valence-electron chi connectivity index (χ3n) is 5.62. The van der Waals surface area contributed by atoms with Crippen molar-refractivity contribution in [1.29, 1.82) is 0 Å². The highest BCUT2D eigenvalue weighted by atomic mass is 16.5. The summed E-state index contributed by atoms with van der Waals surface area (Å²) in [6, 6.07) is 0.534. The molecule has 23 heavy (non-hydrogen) atoms. The molecule has 0 spiro atoms. The maximum absolute atomic E-state index is 10.9. The largest absolute Gasteiger partial charge is 0.388 e. The van der Waals surface area contributed by atoms with E-state index >= 15 is 0 Å². The van der Waals surface area contributed by atoms with Crippen molar-refractivity contribution in [2.24, 2.45) is 0 Å². The molecule has 3 aliphatic heterocycles. The molecule has 3 fully saturated rings. The fourth-order valence-corrected chi connectivity index (χ4v) is 3.89. The van der Waals surface area contributed by atoms with Crippen molar-refractivity contribution in [3.05, 3.63) is 0 Å². The van der Waals surface area contributed by atoms with Crippen molar-refractivity contribution in [3.8, 4) is 0 Å². The van der Waals surface area contributed by atoms with E-state index in [2.05, 4.69) is 21.6 Å². The molecule has 1 atom stereocenters. The lowest BCUT2D eigenvalue weighted by molar-refractivity contribution is -0.0661. The highest BCUT2D eigenvalue weighted by molar-refractivity contribution is 4.89. The molecule has 0 aromatic rings. The molecule has 1 N–H and O–H groups in total. The minimum absolute atomic E-state index is 0.500. The van der Waals surface area contributed by atoms with Crippen molar-refractivity contribution in [2.45, 2.75) is 31.4 Å². The van der Waals surface area contributed by atoms with Crippen LogP contribution in [0.25, 0.3) is 0 Å². The highest BCUT2D eigenvalue weighted by Crippen LogP contribution is 2.24. The number of rotatable bonds is 5. The van der Waals surface area contributed by atoms with E-state index in [-0.39, 0.29) is 0 Å². The van der Waals surface area contributed by atoms with E-state index in [0.717, 1.165) is 91.6 Å². The molecule has 0 aliphatic carbocycles. The standard InChI is InChI=1S/C17H33N3O3/c1-16-14-23-13-10-20(16)7-6-18-4-2-17(21,3-5-18)15-19-8-11-22-12-9-19/h16,21H,2-15H2,1H3. The summed E-state index contributed by atoms with van der Waals surface area (Å²) in [5.74, 6) is 0. The molecule has 1 unspecified atom stereocenters. The Bertz CT molecular complexity index is 355. The number of ether oxygens (including phenoxy) is 2. The Hall–Kier alpha value is -0.240. The third kappa shape index (κ3) is 5.11. The van der Waals surface area contributed by atoms with E-state index in [4.69, 9.17) is 9.47 Å². The molecule has 3 aliphatic rings. The molecule has 0 aromatic carbocycles. The number of aliphatic hydroxyl groups is 1. The summed E-state index contributed by atoms with van der Waals surface area (Å²) in [5.41, 5.74) is -0.500. The monoisotopic (exact) mass is 327 g/mol. The minimum atomic E-state index is -0.500. The van der Waals surface area contributed by atoms with Gasteiger partial charge in [-0.3, -0.25) is 9.80 Å². The van der Waals surface area contributed by atoms with Gasteiger partial charge in [0, 0.05) is 58.4 Å². The van der Waals surface area contributed by atoms with Gasteiger partial charge in [-0.05, 0) is 19.8 Å². The van der Waals surface area contributed by atoms with Crippen LogP contribution in [0.5, 0.6) is 0 Å². The Morgan fingerprint density at radius 2 is 1.61 bits per heavy atom. The van der Waals surface area contributed by atoms with Crippen LogP contribution in [0.15, 0.2) is 0 Å². The lowest BCUT2D eigenvalue weighted by Crippen LogP contribution is -2.54. The maximum atomic E-state index is 10.9. The van der Waals surface area contributed by atoms with Crippen molar-refractivity contribution in [3.63, 3.8) is 0 Å². The average Bonchev–Trinajstić information content (AvgIpc) is 2.56. The zero-order valence-electron chi connectivity index (χ0n) is 14.6. The van der Waals surface area contributed by atoms with Crippen LogP contribution >= 0.6 is 0 Å². The first-order valence-corrected chi connectivity index (χ1v) is 9.21. The molecule has 3 saturated heterocycles. The summed E-state index contributed by atoms with van der Waals surface area (Å²) in [5, 5.41) is 10.9. The normalized spacial score (nSPS) is 31.3. The maximum Gasteiger partial charge on any atom is 0.0798 e. The molecule has 0 bridgehead atoms. The van der Waals surface area contributed by atoms with Crippen molar-refractivity contribution >= 4 is 0 Å². The number of nitrogens with zero attached hydrogens (tertiary/aromatic N) is 3. The van der Waals surface area contributed by atoms with Crippen LogP contribution in [0.4, 0.5) is 0 Å². The Kier molecular flexibility index (Phi) is 6.29. The van der Waals surface area contributed by atoms with Gasteiger partial charge in [-0.1, -0.05) is 0 Å². The molecule has 3 heterocycles. The van der Waals surface area contributed by atoms with Gasteiger partial charge in [-0.15, -0.1) is 0 Å². The molecule has 0 aromatic heterocycles. The Labute approximate surface area is 140 Å². The molecular weight excluding hydrogens is 294 g/mol. The molecule has 3 rings (SSSR count). The summed E-state index contributed by atoms with van der Waals surface area (Å²) in [4.78, 5) is 7.39. The summed E-state index contributed by atoms with van der Waals surface area (Å²) >= 11 is 0. The Morgan fingerprint density at radius 3 is 2.30 bits per heavy atom. The number of likely N-dealkylation sites (tertiary alicyclic amines) is 1. The predicted octanol–water partition coefficient (Wildman–Crippen LogP) is -0.134. The van der Waals surface area contributed by atoms with Crippen LogP contribution in [0.3, 0.4) is 0 Å². The lowest BCUT2D eigenvalue weighted by atomic mass is 9.90. The van der Waals surface area contributed by atoms with Gasteiger partial charge in [0.2, 0.25) is 0 Å². The van der Waals surface area contributed by atoms with E-state index in [1.54, 1.807) is 0 Å². The second-order valence-electron chi connectivity index (χ2n) is 7.41. The number of hydrogen-bond acceptors (Lipinski definition) is 6. The van der Waals surface area contributed by atoms with Gasteiger partial charge in [0.05, 0.1) is 32.0 Å². The van der Waals surface area contributed by atoms with Gasteiger partial charge < -0.3 is 19.5 Å². The number of morpholine rings is 2. The molecule has 0 saturated carbocycles. The van der Waals surface area contributed by atoms with Gasteiger partial charge in [-0.2, -0.15) is 0 Å². The third-order valence-corrected chi connectivity index (χ3v) is 5.62. The highest BCUT2D eigenvalue weighted by Gasteiger charge is 2.34. The smallest absolute Gasteiger partial charge is 0.0798 e. The lowest BCUT2D eigenvalue weighted by Gasteiger charge is -2.42. The zero-order chi connectivity index (χ0) is 16.1. The van der Waals surface area contributed by atoms with Gasteiger partial charge in [0.1, 0.15) is 0 Å². The second kappa shape index (κ2) is 8.23. The fourth-order valence-electron chi connectivity index (χ4n) is 3.89. The predicted molar refractivity (Wildman–Crippen MR) is 89.7 cm³/mol. The summed E-state index contributed by atoms with van der Waals surface area (Å²) in [7, 11) is 0. The van der Waals surface area contributed by atoms with Gasteiger partial charge in [-0.25, -0.2) is 0 Å². The SMILES string of the molecule is CC1COCCN1CCN1CCC(O)(CN2CCOCC2)CC1. The van der Waals surface area contributed by atoms with Gasteiger partial charge in [0.25, 0.3) is 0 Å². The molecule has 0 radical (unpaired) electrons. The van der Waals surface area contributed by atoms with Crippen molar-refractivity contribution < 1.29 is 14.6 Å². The van der Waals surface area contributed by atoms with Gasteiger partial charge in [0.15, 0.2) is 0 Å². The van der Waals surface area contributed by atoms with E-state index in [1.165, 1.54) is 0 Å². The summed E-state index contributed by atoms with van der Waals surface area (Å²) in [6.07, 6.45) is 1.78. The van der Waals surface area contributed by atoms with Crippen LogP contribution < -0.4 is 0 Å². The molecule has 6 heteroatoms. The topological polar surface area (TPSA) is 48.4 Å². The Balaban J connectivity index is 1.37. The van der Waals surface area contributed by atoms with E-state index in [9.17, 15) is 5.11 Å². The van der Waals surface area contributed by atoms with Crippen LogP contribution in [0, 0.1) is 0 Å². The first-order chi connectivity index (χ1) is 11.1. The van der Waals surface area contributed by atoms with E-state index < -0.39 is 5.60 Å². The zero-order valence-corrected chi connectivity index (χ0v) is 14.6. The molecule has 134 valence electrons. The number of hydrogen-bond donors (Lipinski definition) is 1. The van der Waals surface area contributed by atoms with Crippen LogP contribution in [0.2, 0.25) is 0 Å². The van der Waals surface area contributed by atoms with Crippen LogP contribution in [-0.2, 0) is 9.47 Å². The first kappa shape index (κ1) is 17.6. The van der Waals surface area contributed by atoms with Crippen molar-refractivity contribution in [2.75, 3.05) is 78.8 Å². The van der Waals surface area contributed by atoms with E-state index in [0.29, 0.717) is 6.04 Å². The molecule has 0 amide bonds. The van der Waals surface area contributed by atoms with Crippen LogP contribution in [0.1, 0.15) is 19.8 Å². The second-order valence-corrected chi connectivity index (χ2v) is 7.41. The Morgan fingerprint density at radius 1 is 0.913 bits per heavy atom. The summed E-state index contributed by atoms with van der Waals surface area (Å²) < 4.78 is 10.9. The average molecular weight is 327 g/mol. The number of β-amino-alcohol motifs (C(OH)–C–C–N with tert-alkyl or cyclic N) is 1.